The van der Waals surface area contributed by atoms with Crippen molar-refractivity contribution in [2.45, 2.75) is 19.5 Å². The minimum Gasteiger partial charge on any atom is -0.476 e. The van der Waals surface area contributed by atoms with Gasteiger partial charge in [-0.25, -0.2) is 9.07 Å². The van der Waals surface area contributed by atoms with Crippen LogP contribution in [0, 0.1) is 12.7 Å². The molecule has 1 amide bonds. The molecule has 1 aliphatic heterocycles. The maximum Gasteiger partial charge on any atom is 0.272 e. The van der Waals surface area contributed by atoms with E-state index in [-0.39, 0.29) is 17.1 Å². The molecule has 4 rings (SSSR count). The number of ether oxygens (including phenoxy) is 1. The van der Waals surface area contributed by atoms with Gasteiger partial charge < -0.3 is 14.6 Å². The van der Waals surface area contributed by atoms with Gasteiger partial charge in [-0.1, -0.05) is 23.4 Å². The Balaban J connectivity index is 1.66. The predicted octanol–water partition coefficient (Wildman–Crippen LogP) is 1.63. The summed E-state index contributed by atoms with van der Waals surface area (Å²) in [7, 11) is 0. The van der Waals surface area contributed by atoms with E-state index in [1.165, 1.54) is 6.07 Å². The van der Waals surface area contributed by atoms with Crippen molar-refractivity contribution in [3.8, 4) is 5.88 Å². The van der Waals surface area contributed by atoms with Gasteiger partial charge in [0, 0.05) is 18.6 Å². The molecule has 1 atom stereocenters. The van der Waals surface area contributed by atoms with E-state index in [4.69, 9.17) is 9.26 Å². The highest BCUT2D eigenvalue weighted by molar-refractivity contribution is 5.93. The van der Waals surface area contributed by atoms with E-state index in [9.17, 15) is 9.18 Å². The van der Waals surface area contributed by atoms with Crippen LogP contribution in [-0.4, -0.2) is 32.4 Å². The van der Waals surface area contributed by atoms with Crippen LogP contribution in [-0.2, 0) is 6.54 Å². The van der Waals surface area contributed by atoms with Gasteiger partial charge in [0.1, 0.15) is 18.5 Å². The van der Waals surface area contributed by atoms with Crippen LogP contribution in [0.3, 0.4) is 0 Å². The van der Waals surface area contributed by atoms with Crippen molar-refractivity contribution in [2.75, 3.05) is 6.61 Å². The molecule has 9 heteroatoms. The second kappa shape index (κ2) is 6.00. The Morgan fingerprint density at radius 1 is 1.40 bits per heavy atom. The van der Waals surface area contributed by atoms with E-state index in [1.807, 2.05) is 0 Å². The minimum atomic E-state index is -0.899. The zero-order valence-corrected chi connectivity index (χ0v) is 13.3. The van der Waals surface area contributed by atoms with Crippen molar-refractivity contribution in [1.29, 1.82) is 0 Å². The lowest BCUT2D eigenvalue weighted by Gasteiger charge is -2.15. The van der Waals surface area contributed by atoms with E-state index in [0.717, 1.165) is 0 Å². The first-order valence-corrected chi connectivity index (χ1v) is 7.68. The van der Waals surface area contributed by atoms with Crippen LogP contribution < -0.4 is 10.1 Å². The van der Waals surface area contributed by atoms with Crippen molar-refractivity contribution in [3.63, 3.8) is 0 Å². The summed E-state index contributed by atoms with van der Waals surface area (Å²) in [5.74, 6) is 0.0500. The van der Waals surface area contributed by atoms with Crippen LogP contribution in [0.4, 0.5) is 4.39 Å². The van der Waals surface area contributed by atoms with Crippen molar-refractivity contribution >= 4 is 5.91 Å². The fraction of sp³-hybridized carbons (Fsp3) is 0.250. The van der Waals surface area contributed by atoms with Gasteiger partial charge in [0.25, 0.3) is 5.91 Å². The predicted molar refractivity (Wildman–Crippen MR) is 82.5 cm³/mol. The fourth-order valence-electron chi connectivity index (χ4n) is 2.65. The average molecular weight is 343 g/mol. The van der Waals surface area contributed by atoms with Gasteiger partial charge in [0.05, 0.1) is 6.54 Å². The van der Waals surface area contributed by atoms with Crippen LogP contribution in [0.2, 0.25) is 0 Å². The Kier molecular flexibility index (Phi) is 3.68. The lowest BCUT2D eigenvalue weighted by Crippen LogP contribution is -2.31. The molecule has 25 heavy (non-hydrogen) atoms. The third-order valence-electron chi connectivity index (χ3n) is 3.82. The molecule has 1 N–H and O–H groups in total. The summed E-state index contributed by atoms with van der Waals surface area (Å²) >= 11 is 0. The number of fused-ring (bicyclic) bond motifs is 1. The van der Waals surface area contributed by atoms with E-state index in [2.05, 4.69) is 20.6 Å². The molecule has 0 aliphatic carbocycles. The molecule has 2 aromatic heterocycles. The molecule has 1 unspecified atom stereocenters. The number of amides is 1. The Morgan fingerprint density at radius 3 is 2.96 bits per heavy atom. The number of nitrogens with zero attached hydrogens (tertiary/aromatic N) is 4. The number of aromatic nitrogens is 4. The first-order chi connectivity index (χ1) is 12.1. The molecule has 128 valence electrons. The zero-order chi connectivity index (χ0) is 17.4. The number of hydrogen-bond acceptors (Lipinski definition) is 6. The lowest BCUT2D eigenvalue weighted by molar-refractivity contribution is 0.0934. The normalized spacial score (nSPS) is 14.0. The molecular formula is C16H14FN5O3. The summed E-state index contributed by atoms with van der Waals surface area (Å²) in [6, 6.07) is 6.74. The maximum atomic E-state index is 14.2. The second-order valence-corrected chi connectivity index (χ2v) is 5.54. The van der Waals surface area contributed by atoms with Crippen molar-refractivity contribution in [1.82, 2.24) is 25.2 Å². The summed E-state index contributed by atoms with van der Waals surface area (Å²) in [4.78, 5) is 16.7. The largest absolute Gasteiger partial charge is 0.476 e. The molecular weight excluding hydrogens is 329 g/mol. The average Bonchev–Trinajstić information content (AvgIpc) is 3.29. The summed E-state index contributed by atoms with van der Waals surface area (Å²) in [5.41, 5.74) is 0.413. The molecule has 0 spiro atoms. The van der Waals surface area contributed by atoms with E-state index in [0.29, 0.717) is 24.9 Å². The number of rotatable bonds is 4. The highest BCUT2D eigenvalue weighted by Crippen LogP contribution is 2.24. The highest BCUT2D eigenvalue weighted by atomic mass is 19.1. The first kappa shape index (κ1) is 15.3. The summed E-state index contributed by atoms with van der Waals surface area (Å²) in [5, 5.41) is 10.7. The molecule has 1 aliphatic rings. The third kappa shape index (κ3) is 2.84. The molecule has 3 aromatic rings. The van der Waals surface area contributed by atoms with E-state index < -0.39 is 17.8 Å². The third-order valence-corrected chi connectivity index (χ3v) is 3.82. The van der Waals surface area contributed by atoms with Gasteiger partial charge in [-0.15, -0.1) is 0 Å². The van der Waals surface area contributed by atoms with Gasteiger partial charge in [-0.2, -0.15) is 10.1 Å². The summed E-state index contributed by atoms with van der Waals surface area (Å²) in [6.07, 6.45) is 0. The van der Waals surface area contributed by atoms with Crippen molar-refractivity contribution < 1.29 is 18.4 Å². The second-order valence-electron chi connectivity index (χ2n) is 5.54. The number of carbonyl (C=O) groups is 1. The van der Waals surface area contributed by atoms with Gasteiger partial charge in [0.2, 0.25) is 11.8 Å². The number of nitrogens with one attached hydrogen (secondary N) is 1. The Labute approximate surface area is 141 Å². The van der Waals surface area contributed by atoms with Crippen LogP contribution in [0.15, 0.2) is 34.9 Å². The molecule has 0 fully saturated rings. The Morgan fingerprint density at radius 2 is 2.24 bits per heavy atom. The molecule has 0 bridgehead atoms. The molecule has 0 radical (unpaired) electrons. The lowest BCUT2D eigenvalue weighted by atomic mass is 10.1. The Bertz CT molecular complexity index is 914. The quantitative estimate of drug-likeness (QED) is 0.773. The topological polar surface area (TPSA) is 95.1 Å². The van der Waals surface area contributed by atoms with Crippen LogP contribution >= 0.6 is 0 Å². The highest BCUT2D eigenvalue weighted by Gasteiger charge is 2.27. The van der Waals surface area contributed by atoms with Crippen LogP contribution in [0.1, 0.15) is 33.8 Å². The van der Waals surface area contributed by atoms with Gasteiger partial charge in [0.15, 0.2) is 11.5 Å². The first-order valence-electron chi connectivity index (χ1n) is 7.68. The van der Waals surface area contributed by atoms with Crippen molar-refractivity contribution in [3.05, 3.63) is 59.1 Å². The molecule has 8 nitrogen and oxygen atoms in total. The molecule has 1 aromatic carbocycles. The number of benzene rings is 1. The SMILES string of the molecule is Cc1nc(C(NC(=O)c2cc3n(n2)CCO3)c2ccccc2F)no1. The van der Waals surface area contributed by atoms with Crippen LogP contribution in [0.25, 0.3) is 0 Å². The zero-order valence-electron chi connectivity index (χ0n) is 13.3. The standard InChI is InChI=1S/C16H14FN5O3/c1-9-18-15(21-25-9)14(10-4-2-3-5-11(10)17)19-16(23)12-8-13-22(20-12)6-7-24-13/h2-5,8,14H,6-7H2,1H3,(H,19,23). The van der Waals surface area contributed by atoms with Gasteiger partial charge >= 0.3 is 0 Å². The number of halogens is 1. The van der Waals surface area contributed by atoms with Crippen LogP contribution in [0.5, 0.6) is 5.88 Å². The maximum absolute atomic E-state index is 14.2. The monoisotopic (exact) mass is 343 g/mol. The number of carbonyl (C=O) groups excluding carboxylic acids is 1. The smallest absolute Gasteiger partial charge is 0.272 e. The van der Waals surface area contributed by atoms with E-state index >= 15 is 0 Å². The van der Waals surface area contributed by atoms with Crippen molar-refractivity contribution in [2.24, 2.45) is 0 Å². The molecule has 3 heterocycles. The number of aryl methyl sites for hydroxylation is 1. The summed E-state index contributed by atoms with van der Waals surface area (Å²) < 4.78 is 26.2. The van der Waals surface area contributed by atoms with Gasteiger partial charge in [-0.3, -0.25) is 4.79 Å². The summed E-state index contributed by atoms with van der Waals surface area (Å²) in [6.45, 7) is 2.74. The van der Waals surface area contributed by atoms with E-state index in [1.54, 1.807) is 35.9 Å². The molecule has 0 saturated heterocycles. The fourth-order valence-corrected chi connectivity index (χ4v) is 2.65. The Hall–Kier alpha value is -3.23. The number of hydrogen-bond donors (Lipinski definition) is 1. The molecule has 0 saturated carbocycles. The minimum absolute atomic E-state index is 0.166. The van der Waals surface area contributed by atoms with Gasteiger partial charge in [-0.05, 0) is 6.07 Å².